The Labute approximate surface area is 145 Å². The molecule has 0 bridgehead atoms. The Morgan fingerprint density at radius 3 is 2.68 bits per heavy atom. The number of aromatic nitrogens is 1. The molecule has 0 aliphatic rings. The number of anilines is 2. The highest BCUT2D eigenvalue weighted by molar-refractivity contribution is 7.84. The van der Waals surface area contributed by atoms with Crippen LogP contribution in [0.3, 0.4) is 0 Å². The van der Waals surface area contributed by atoms with E-state index in [1.165, 1.54) is 12.3 Å². The number of benzene rings is 1. The maximum absolute atomic E-state index is 12.3. The standard InChI is InChI=1S/C16H18F3N3O2S/c1-11-14(21-7-6-15(11)24-9-16(17,18)19)8-25(23)10-22-13-5-3-2-4-12(13)20/h2-7,22H,8-10,20H2,1H3. The Balaban J connectivity index is 1.97. The summed E-state index contributed by atoms with van der Waals surface area (Å²) in [4.78, 5) is 4.09. The van der Waals surface area contributed by atoms with Gasteiger partial charge in [-0.1, -0.05) is 12.1 Å². The monoisotopic (exact) mass is 373 g/mol. The number of nitrogens with zero attached hydrogens (tertiary/aromatic N) is 1. The summed E-state index contributed by atoms with van der Waals surface area (Å²) in [5.41, 5.74) is 7.87. The molecule has 0 fully saturated rings. The van der Waals surface area contributed by atoms with Gasteiger partial charge in [0.2, 0.25) is 0 Å². The number of hydrogen-bond donors (Lipinski definition) is 2. The second kappa shape index (κ2) is 8.19. The van der Waals surface area contributed by atoms with Crippen molar-refractivity contribution in [3.8, 4) is 5.75 Å². The van der Waals surface area contributed by atoms with Gasteiger partial charge in [-0.2, -0.15) is 13.2 Å². The quantitative estimate of drug-likeness (QED) is 0.729. The van der Waals surface area contributed by atoms with Crippen molar-refractivity contribution in [1.82, 2.24) is 4.98 Å². The molecule has 1 unspecified atom stereocenters. The fourth-order valence-electron chi connectivity index (χ4n) is 2.04. The lowest BCUT2D eigenvalue weighted by atomic mass is 10.2. The summed E-state index contributed by atoms with van der Waals surface area (Å²) in [5, 5.41) is 2.98. The molecule has 5 nitrogen and oxygen atoms in total. The molecule has 2 aromatic rings. The first-order valence-electron chi connectivity index (χ1n) is 7.33. The second-order valence-electron chi connectivity index (χ2n) is 5.28. The molecule has 2 rings (SSSR count). The number of nitrogens with one attached hydrogen (secondary N) is 1. The van der Waals surface area contributed by atoms with Crippen LogP contribution >= 0.6 is 0 Å². The molecule has 0 spiro atoms. The number of hydrogen-bond acceptors (Lipinski definition) is 5. The summed E-state index contributed by atoms with van der Waals surface area (Å²) in [7, 11) is -1.33. The van der Waals surface area contributed by atoms with Crippen LogP contribution in [0.4, 0.5) is 24.5 Å². The Bertz CT molecular complexity index is 754. The molecule has 0 aliphatic carbocycles. The summed E-state index contributed by atoms with van der Waals surface area (Å²) in [6.45, 7) is 0.211. The number of rotatable bonds is 7. The van der Waals surface area contributed by atoms with Crippen LogP contribution in [0.25, 0.3) is 0 Å². The van der Waals surface area contributed by atoms with E-state index >= 15 is 0 Å². The zero-order chi connectivity index (χ0) is 18.4. The molecule has 0 aliphatic heterocycles. The Kier molecular flexibility index (Phi) is 6.24. The van der Waals surface area contributed by atoms with Crippen LogP contribution in [0, 0.1) is 6.92 Å². The van der Waals surface area contributed by atoms with Crippen LogP contribution in [0.15, 0.2) is 36.5 Å². The molecule has 136 valence electrons. The Morgan fingerprint density at radius 1 is 1.28 bits per heavy atom. The van der Waals surface area contributed by atoms with E-state index in [9.17, 15) is 17.4 Å². The summed E-state index contributed by atoms with van der Waals surface area (Å²) in [5.74, 6) is 0.317. The topological polar surface area (TPSA) is 77.2 Å². The van der Waals surface area contributed by atoms with Crippen LogP contribution in [0.5, 0.6) is 5.75 Å². The number of ether oxygens (including phenoxy) is 1. The lowest BCUT2D eigenvalue weighted by Crippen LogP contribution is -2.20. The van der Waals surface area contributed by atoms with Crippen molar-refractivity contribution in [2.24, 2.45) is 0 Å². The van der Waals surface area contributed by atoms with Gasteiger partial charge in [0, 0.05) is 22.6 Å². The summed E-state index contributed by atoms with van der Waals surface area (Å²) in [6, 6.07) is 8.43. The van der Waals surface area contributed by atoms with Gasteiger partial charge in [-0.15, -0.1) is 0 Å². The molecular formula is C16H18F3N3O2S. The van der Waals surface area contributed by atoms with Crippen molar-refractivity contribution in [3.63, 3.8) is 0 Å². The lowest BCUT2D eigenvalue weighted by Gasteiger charge is -2.14. The van der Waals surface area contributed by atoms with Crippen molar-refractivity contribution < 1.29 is 22.1 Å². The van der Waals surface area contributed by atoms with Crippen LogP contribution in [0.1, 0.15) is 11.3 Å². The van der Waals surface area contributed by atoms with E-state index in [-0.39, 0.29) is 17.4 Å². The van der Waals surface area contributed by atoms with Gasteiger partial charge < -0.3 is 15.8 Å². The second-order valence-corrected chi connectivity index (χ2v) is 6.73. The average molecular weight is 373 g/mol. The van der Waals surface area contributed by atoms with Crippen LogP contribution < -0.4 is 15.8 Å². The first-order valence-corrected chi connectivity index (χ1v) is 8.82. The zero-order valence-electron chi connectivity index (χ0n) is 13.5. The lowest BCUT2D eigenvalue weighted by molar-refractivity contribution is -0.153. The SMILES string of the molecule is Cc1c(OCC(F)(F)F)ccnc1CS(=O)CNc1ccccc1N. The average Bonchev–Trinajstić information content (AvgIpc) is 2.54. The summed E-state index contributed by atoms with van der Waals surface area (Å²) in [6.07, 6.45) is -3.08. The minimum Gasteiger partial charge on any atom is -0.484 e. The van der Waals surface area contributed by atoms with Gasteiger partial charge >= 0.3 is 6.18 Å². The third kappa shape index (κ3) is 5.93. The van der Waals surface area contributed by atoms with E-state index in [0.717, 1.165) is 0 Å². The van der Waals surface area contributed by atoms with E-state index < -0.39 is 23.6 Å². The molecule has 25 heavy (non-hydrogen) atoms. The maximum atomic E-state index is 12.3. The zero-order valence-corrected chi connectivity index (χ0v) is 14.3. The number of alkyl halides is 3. The molecule has 1 atom stereocenters. The fourth-order valence-corrected chi connectivity index (χ4v) is 3.05. The first kappa shape index (κ1) is 19.0. The maximum Gasteiger partial charge on any atom is 0.422 e. The van der Waals surface area contributed by atoms with Gasteiger partial charge in [0.05, 0.1) is 28.7 Å². The van der Waals surface area contributed by atoms with Crippen molar-refractivity contribution in [2.75, 3.05) is 23.5 Å². The van der Waals surface area contributed by atoms with E-state index in [1.807, 2.05) is 0 Å². The predicted molar refractivity (Wildman–Crippen MR) is 91.7 cm³/mol. The number of nitrogens with two attached hydrogens (primary N) is 1. The highest BCUT2D eigenvalue weighted by atomic mass is 32.2. The van der Waals surface area contributed by atoms with E-state index in [0.29, 0.717) is 22.6 Å². The highest BCUT2D eigenvalue weighted by Crippen LogP contribution is 2.24. The Morgan fingerprint density at radius 2 is 2.00 bits per heavy atom. The summed E-state index contributed by atoms with van der Waals surface area (Å²) >= 11 is 0. The molecule has 0 radical (unpaired) electrons. The molecule has 0 amide bonds. The van der Waals surface area contributed by atoms with Crippen molar-refractivity contribution in [2.45, 2.75) is 18.9 Å². The van der Waals surface area contributed by atoms with Crippen LogP contribution in [-0.2, 0) is 16.6 Å². The molecular weight excluding hydrogens is 355 g/mol. The minimum absolute atomic E-state index is 0.0830. The van der Waals surface area contributed by atoms with E-state index in [2.05, 4.69) is 10.3 Å². The van der Waals surface area contributed by atoms with E-state index in [4.69, 9.17) is 10.5 Å². The van der Waals surface area contributed by atoms with Gasteiger partial charge in [0.25, 0.3) is 0 Å². The summed E-state index contributed by atoms with van der Waals surface area (Å²) < 4.78 is 53.8. The van der Waals surface area contributed by atoms with Crippen molar-refractivity contribution in [1.29, 1.82) is 0 Å². The minimum atomic E-state index is -4.42. The fraction of sp³-hybridized carbons (Fsp3) is 0.312. The Hall–Kier alpha value is -2.29. The predicted octanol–water partition coefficient (Wildman–Crippen LogP) is 3.23. The molecule has 1 heterocycles. The van der Waals surface area contributed by atoms with Crippen molar-refractivity contribution >= 4 is 22.2 Å². The van der Waals surface area contributed by atoms with Gasteiger partial charge in [-0.25, -0.2) is 0 Å². The third-order valence-corrected chi connectivity index (χ3v) is 4.39. The molecule has 0 saturated heterocycles. The molecule has 0 saturated carbocycles. The number of nitrogen functional groups attached to an aromatic ring is 1. The molecule has 9 heteroatoms. The van der Waals surface area contributed by atoms with Gasteiger partial charge in [-0.3, -0.25) is 9.19 Å². The van der Waals surface area contributed by atoms with Crippen LogP contribution in [0.2, 0.25) is 0 Å². The number of para-hydroxylation sites is 2. The molecule has 1 aromatic carbocycles. The van der Waals surface area contributed by atoms with Gasteiger partial charge in [0.15, 0.2) is 6.61 Å². The van der Waals surface area contributed by atoms with Gasteiger partial charge in [-0.05, 0) is 25.1 Å². The molecule has 3 N–H and O–H groups in total. The third-order valence-electron chi connectivity index (χ3n) is 3.33. The van der Waals surface area contributed by atoms with Gasteiger partial charge in [0.1, 0.15) is 5.75 Å². The largest absolute Gasteiger partial charge is 0.484 e. The number of pyridine rings is 1. The number of halogens is 3. The van der Waals surface area contributed by atoms with E-state index in [1.54, 1.807) is 31.2 Å². The van der Waals surface area contributed by atoms with Crippen molar-refractivity contribution in [3.05, 3.63) is 47.8 Å². The van der Waals surface area contributed by atoms with Crippen LogP contribution in [-0.4, -0.2) is 27.9 Å². The molecule has 1 aromatic heterocycles. The highest BCUT2D eigenvalue weighted by Gasteiger charge is 2.28. The normalized spacial score (nSPS) is 12.6. The first-order chi connectivity index (χ1) is 11.8. The smallest absolute Gasteiger partial charge is 0.422 e.